The minimum absolute atomic E-state index is 0.0792. The van der Waals surface area contributed by atoms with E-state index in [2.05, 4.69) is 46.4 Å². The molecule has 1 amide bonds. The lowest BCUT2D eigenvalue weighted by molar-refractivity contribution is 0.0938. The second-order valence-corrected chi connectivity index (χ2v) is 6.64. The van der Waals surface area contributed by atoms with Crippen molar-refractivity contribution in [3.8, 4) is 0 Å². The van der Waals surface area contributed by atoms with Crippen LogP contribution in [0.5, 0.6) is 0 Å². The third-order valence-electron chi connectivity index (χ3n) is 4.06. The van der Waals surface area contributed by atoms with Crippen LogP contribution in [0.3, 0.4) is 0 Å². The van der Waals surface area contributed by atoms with Gasteiger partial charge in [0.1, 0.15) is 5.03 Å². The van der Waals surface area contributed by atoms with E-state index in [1.54, 1.807) is 12.3 Å². The highest BCUT2D eigenvalue weighted by molar-refractivity contribution is 7.98. The highest BCUT2D eigenvalue weighted by Crippen LogP contribution is 2.20. The van der Waals surface area contributed by atoms with Crippen LogP contribution >= 0.6 is 11.8 Å². The fourth-order valence-corrected chi connectivity index (χ4v) is 3.13. The maximum Gasteiger partial charge on any atom is 0.254 e. The summed E-state index contributed by atoms with van der Waals surface area (Å²) in [5.41, 5.74) is 3.15. The zero-order valence-corrected chi connectivity index (χ0v) is 15.6. The van der Waals surface area contributed by atoms with Crippen molar-refractivity contribution in [1.82, 2.24) is 15.2 Å². The molecule has 1 N–H and O–H groups in total. The zero-order chi connectivity index (χ0) is 17.5. The van der Waals surface area contributed by atoms with Crippen LogP contribution in [0.4, 0.5) is 0 Å². The highest BCUT2D eigenvalue weighted by atomic mass is 32.2. The van der Waals surface area contributed by atoms with Crippen molar-refractivity contribution in [3.05, 3.63) is 59.3 Å². The molecule has 1 atom stereocenters. The molecule has 0 saturated carbocycles. The van der Waals surface area contributed by atoms with Crippen molar-refractivity contribution in [1.29, 1.82) is 0 Å². The van der Waals surface area contributed by atoms with Crippen LogP contribution in [-0.4, -0.2) is 42.7 Å². The predicted molar refractivity (Wildman–Crippen MR) is 101 cm³/mol. The van der Waals surface area contributed by atoms with Crippen LogP contribution in [0.1, 0.15) is 34.5 Å². The first-order valence-electron chi connectivity index (χ1n) is 8.09. The minimum atomic E-state index is -0.0792. The molecule has 2 rings (SSSR count). The molecule has 0 radical (unpaired) electrons. The van der Waals surface area contributed by atoms with Crippen LogP contribution in [0, 0.1) is 0 Å². The lowest BCUT2D eigenvalue weighted by Gasteiger charge is -2.25. The van der Waals surface area contributed by atoms with Crippen molar-refractivity contribution >= 4 is 17.7 Å². The molecule has 128 valence electrons. The molecule has 1 heterocycles. The lowest BCUT2D eigenvalue weighted by atomic mass is 10.0. The van der Waals surface area contributed by atoms with Gasteiger partial charge in [-0.1, -0.05) is 31.2 Å². The SMILES string of the molecule is CCc1ccc(C(CNC(=O)c2cccnc2SC)N(C)C)cc1. The number of likely N-dealkylation sites (N-methyl/N-ethyl adjacent to an activating group) is 1. The number of pyridine rings is 1. The molecule has 0 bridgehead atoms. The number of nitrogens with one attached hydrogen (secondary N) is 1. The van der Waals surface area contributed by atoms with Crippen LogP contribution in [0.15, 0.2) is 47.6 Å². The summed E-state index contributed by atoms with van der Waals surface area (Å²) in [4.78, 5) is 18.9. The maximum absolute atomic E-state index is 12.5. The number of rotatable bonds is 7. The van der Waals surface area contributed by atoms with E-state index in [9.17, 15) is 4.79 Å². The molecule has 0 saturated heterocycles. The van der Waals surface area contributed by atoms with E-state index in [-0.39, 0.29) is 11.9 Å². The molecule has 2 aromatic rings. The first kappa shape index (κ1) is 18.5. The highest BCUT2D eigenvalue weighted by Gasteiger charge is 2.17. The number of nitrogens with zero attached hydrogens (tertiary/aromatic N) is 2. The molecule has 0 spiro atoms. The standard InChI is InChI=1S/C19H25N3OS/c1-5-14-8-10-15(11-9-14)17(22(2)3)13-21-18(23)16-7-6-12-20-19(16)24-4/h6-12,17H,5,13H2,1-4H3,(H,21,23). The number of thioether (sulfide) groups is 1. The Morgan fingerprint density at radius 2 is 1.96 bits per heavy atom. The van der Waals surface area contributed by atoms with Crippen molar-refractivity contribution < 1.29 is 4.79 Å². The lowest BCUT2D eigenvalue weighted by Crippen LogP contribution is -2.34. The average molecular weight is 343 g/mol. The summed E-state index contributed by atoms with van der Waals surface area (Å²) in [6.07, 6.45) is 4.67. The molecular weight excluding hydrogens is 318 g/mol. The van der Waals surface area contributed by atoms with Gasteiger partial charge in [-0.2, -0.15) is 0 Å². The Labute approximate surface area is 148 Å². The molecule has 0 aliphatic rings. The number of hydrogen-bond acceptors (Lipinski definition) is 4. The van der Waals surface area contributed by atoms with Gasteiger partial charge in [0.05, 0.1) is 11.6 Å². The average Bonchev–Trinajstić information content (AvgIpc) is 2.61. The smallest absolute Gasteiger partial charge is 0.254 e. The summed E-state index contributed by atoms with van der Waals surface area (Å²) in [5, 5.41) is 3.80. The first-order valence-corrected chi connectivity index (χ1v) is 9.31. The first-order chi connectivity index (χ1) is 11.6. The second kappa shape index (κ2) is 8.85. The number of aryl methyl sites for hydroxylation is 1. The molecule has 0 fully saturated rings. The van der Waals surface area contributed by atoms with Gasteiger partial charge in [-0.15, -0.1) is 11.8 Å². The fraction of sp³-hybridized carbons (Fsp3) is 0.368. The van der Waals surface area contributed by atoms with E-state index in [0.29, 0.717) is 12.1 Å². The zero-order valence-electron chi connectivity index (χ0n) is 14.7. The minimum Gasteiger partial charge on any atom is -0.350 e. The second-order valence-electron chi connectivity index (χ2n) is 5.84. The van der Waals surface area contributed by atoms with Gasteiger partial charge < -0.3 is 10.2 Å². The van der Waals surface area contributed by atoms with E-state index >= 15 is 0 Å². The molecule has 1 aromatic heterocycles. The summed E-state index contributed by atoms with van der Waals surface area (Å²) < 4.78 is 0. The van der Waals surface area contributed by atoms with Crippen molar-refractivity contribution in [2.75, 3.05) is 26.9 Å². The van der Waals surface area contributed by atoms with Gasteiger partial charge in [0, 0.05) is 12.7 Å². The summed E-state index contributed by atoms with van der Waals surface area (Å²) in [5.74, 6) is -0.0792. The van der Waals surface area contributed by atoms with Gasteiger partial charge in [-0.05, 0) is 50.0 Å². The summed E-state index contributed by atoms with van der Waals surface area (Å²) >= 11 is 1.48. The molecular formula is C19H25N3OS. The van der Waals surface area contributed by atoms with E-state index < -0.39 is 0 Å². The van der Waals surface area contributed by atoms with Crippen LogP contribution in [0.2, 0.25) is 0 Å². The monoisotopic (exact) mass is 343 g/mol. The number of carbonyl (C=O) groups excluding carboxylic acids is 1. The van der Waals surface area contributed by atoms with Crippen LogP contribution < -0.4 is 5.32 Å². The Balaban J connectivity index is 2.09. The number of carbonyl (C=O) groups is 1. The summed E-state index contributed by atoms with van der Waals surface area (Å²) in [7, 11) is 4.06. The molecule has 1 aromatic carbocycles. The molecule has 5 heteroatoms. The Morgan fingerprint density at radius 3 is 2.54 bits per heavy atom. The van der Waals surface area contributed by atoms with Crippen LogP contribution in [0.25, 0.3) is 0 Å². The third-order valence-corrected chi connectivity index (χ3v) is 4.77. The van der Waals surface area contributed by atoms with E-state index in [1.165, 1.54) is 22.9 Å². The normalized spacial score (nSPS) is 12.2. The van der Waals surface area contributed by atoms with Crippen LogP contribution in [-0.2, 0) is 6.42 Å². The molecule has 0 aliphatic carbocycles. The summed E-state index contributed by atoms with van der Waals surface area (Å²) in [6.45, 7) is 2.70. The van der Waals surface area contributed by atoms with Gasteiger partial charge in [0.25, 0.3) is 5.91 Å². The van der Waals surface area contributed by atoms with E-state index in [1.807, 2.05) is 26.4 Å². The van der Waals surface area contributed by atoms with Crippen molar-refractivity contribution in [2.45, 2.75) is 24.4 Å². The number of aromatic nitrogens is 1. The van der Waals surface area contributed by atoms with Gasteiger partial charge in [0.15, 0.2) is 0 Å². The molecule has 24 heavy (non-hydrogen) atoms. The largest absolute Gasteiger partial charge is 0.350 e. The number of amides is 1. The maximum atomic E-state index is 12.5. The van der Waals surface area contributed by atoms with Gasteiger partial charge in [0.2, 0.25) is 0 Å². The fourth-order valence-electron chi connectivity index (χ4n) is 2.58. The molecule has 4 nitrogen and oxygen atoms in total. The number of hydrogen-bond donors (Lipinski definition) is 1. The Hall–Kier alpha value is -1.85. The quantitative estimate of drug-likeness (QED) is 0.783. The van der Waals surface area contributed by atoms with Crippen molar-refractivity contribution in [2.24, 2.45) is 0 Å². The van der Waals surface area contributed by atoms with Gasteiger partial charge >= 0.3 is 0 Å². The topological polar surface area (TPSA) is 45.2 Å². The number of benzene rings is 1. The predicted octanol–water partition coefficient (Wildman–Crippen LogP) is 3.40. The van der Waals surface area contributed by atoms with E-state index in [4.69, 9.17) is 0 Å². The van der Waals surface area contributed by atoms with Crippen molar-refractivity contribution in [3.63, 3.8) is 0 Å². The summed E-state index contributed by atoms with van der Waals surface area (Å²) in [6, 6.07) is 12.3. The Kier molecular flexibility index (Phi) is 6.82. The van der Waals surface area contributed by atoms with Gasteiger partial charge in [-0.25, -0.2) is 4.98 Å². The van der Waals surface area contributed by atoms with E-state index in [0.717, 1.165) is 11.4 Å². The Morgan fingerprint density at radius 1 is 1.25 bits per heavy atom. The van der Waals surface area contributed by atoms with Gasteiger partial charge in [-0.3, -0.25) is 4.79 Å². The molecule has 1 unspecified atom stereocenters. The Bertz CT molecular complexity index is 671. The molecule has 0 aliphatic heterocycles. The third kappa shape index (κ3) is 4.58.